The van der Waals surface area contributed by atoms with Crippen LogP contribution < -0.4 is 9.62 Å². The first-order chi connectivity index (χ1) is 6.23. The SMILES string of the molecule is C[N+](C)(C)c1ccccc1S(N)(=O)=O. The van der Waals surface area contributed by atoms with E-state index in [4.69, 9.17) is 5.14 Å². The van der Waals surface area contributed by atoms with Gasteiger partial charge in [-0.2, -0.15) is 0 Å². The number of rotatable bonds is 2. The molecule has 0 aromatic heterocycles. The Morgan fingerprint density at radius 1 is 1.14 bits per heavy atom. The molecule has 0 spiro atoms. The monoisotopic (exact) mass is 215 g/mol. The van der Waals surface area contributed by atoms with E-state index in [1.165, 1.54) is 6.07 Å². The van der Waals surface area contributed by atoms with Gasteiger partial charge in [0, 0.05) is 6.07 Å². The van der Waals surface area contributed by atoms with Crippen LogP contribution in [0.5, 0.6) is 0 Å². The van der Waals surface area contributed by atoms with E-state index < -0.39 is 10.0 Å². The van der Waals surface area contributed by atoms with Crippen molar-refractivity contribution in [2.24, 2.45) is 5.14 Å². The third-order valence-corrected chi connectivity index (χ3v) is 2.85. The molecule has 0 fully saturated rings. The smallest absolute Gasteiger partial charge is 0.243 e. The molecule has 1 rings (SSSR count). The predicted molar refractivity (Wildman–Crippen MR) is 57.4 cm³/mol. The van der Waals surface area contributed by atoms with Crippen molar-refractivity contribution in [1.82, 2.24) is 4.48 Å². The third-order valence-electron chi connectivity index (χ3n) is 1.89. The third kappa shape index (κ3) is 2.31. The molecule has 0 aliphatic rings. The Kier molecular flexibility index (Phi) is 2.67. The van der Waals surface area contributed by atoms with Crippen molar-refractivity contribution < 1.29 is 8.42 Å². The molecule has 0 aliphatic heterocycles. The number of benzene rings is 1. The molecular weight excluding hydrogens is 200 g/mol. The number of para-hydroxylation sites is 1. The molecule has 0 aliphatic carbocycles. The van der Waals surface area contributed by atoms with Crippen molar-refractivity contribution in [2.45, 2.75) is 4.90 Å². The van der Waals surface area contributed by atoms with Crippen LogP contribution in [0.3, 0.4) is 0 Å². The first-order valence-electron chi connectivity index (χ1n) is 4.17. The zero-order chi connectivity index (χ0) is 11.0. The van der Waals surface area contributed by atoms with Crippen LogP contribution in [0.4, 0.5) is 5.69 Å². The highest BCUT2D eigenvalue weighted by atomic mass is 32.2. The van der Waals surface area contributed by atoms with Crippen molar-refractivity contribution in [1.29, 1.82) is 0 Å². The minimum atomic E-state index is -3.63. The lowest BCUT2D eigenvalue weighted by atomic mass is 10.3. The molecule has 0 saturated heterocycles. The van der Waals surface area contributed by atoms with Gasteiger partial charge in [-0.25, -0.2) is 13.6 Å². The number of nitrogens with two attached hydrogens (primary N) is 1. The van der Waals surface area contributed by atoms with Gasteiger partial charge in [0.25, 0.3) is 0 Å². The van der Waals surface area contributed by atoms with Gasteiger partial charge in [-0.1, -0.05) is 12.1 Å². The van der Waals surface area contributed by atoms with Crippen LogP contribution in [0, 0.1) is 0 Å². The van der Waals surface area contributed by atoms with Gasteiger partial charge in [-0.3, -0.25) is 4.48 Å². The minimum absolute atomic E-state index is 0.188. The molecule has 5 heteroatoms. The minimum Gasteiger partial charge on any atom is -0.297 e. The lowest BCUT2D eigenvalue weighted by Crippen LogP contribution is -2.36. The van der Waals surface area contributed by atoms with E-state index in [9.17, 15) is 8.42 Å². The Hall–Kier alpha value is -0.910. The van der Waals surface area contributed by atoms with E-state index in [1.54, 1.807) is 18.2 Å². The van der Waals surface area contributed by atoms with Crippen LogP contribution in [-0.4, -0.2) is 29.6 Å². The largest absolute Gasteiger partial charge is 0.297 e. The summed E-state index contributed by atoms with van der Waals surface area (Å²) in [7, 11) is 2.05. The Bertz CT molecular complexity index is 432. The summed E-state index contributed by atoms with van der Waals surface area (Å²) in [5.74, 6) is 0. The van der Waals surface area contributed by atoms with Crippen molar-refractivity contribution in [3.8, 4) is 0 Å². The molecule has 1 aromatic carbocycles. The normalized spacial score (nSPS) is 12.9. The second kappa shape index (κ2) is 3.34. The molecule has 2 N–H and O–H groups in total. The second-order valence-corrected chi connectivity index (χ2v) is 5.56. The molecule has 4 nitrogen and oxygen atoms in total. The van der Waals surface area contributed by atoms with Crippen LogP contribution in [0.1, 0.15) is 0 Å². The highest BCUT2D eigenvalue weighted by Gasteiger charge is 2.23. The van der Waals surface area contributed by atoms with E-state index >= 15 is 0 Å². The average molecular weight is 215 g/mol. The summed E-state index contributed by atoms with van der Waals surface area (Å²) in [5, 5.41) is 5.12. The Labute approximate surface area is 84.6 Å². The summed E-state index contributed by atoms with van der Waals surface area (Å²) in [4.78, 5) is 0.188. The Morgan fingerprint density at radius 3 is 2.00 bits per heavy atom. The van der Waals surface area contributed by atoms with Crippen LogP contribution >= 0.6 is 0 Å². The highest BCUT2D eigenvalue weighted by Crippen LogP contribution is 2.25. The van der Waals surface area contributed by atoms with Crippen molar-refractivity contribution in [3.63, 3.8) is 0 Å². The van der Waals surface area contributed by atoms with E-state index in [0.29, 0.717) is 10.2 Å². The number of nitrogens with zero attached hydrogens (tertiary/aromatic N) is 1. The maximum absolute atomic E-state index is 11.3. The van der Waals surface area contributed by atoms with Crippen LogP contribution in [-0.2, 0) is 10.0 Å². The van der Waals surface area contributed by atoms with E-state index in [0.717, 1.165) is 0 Å². The Balaban J connectivity index is 3.47. The highest BCUT2D eigenvalue weighted by molar-refractivity contribution is 7.89. The average Bonchev–Trinajstić information content (AvgIpc) is 2.01. The zero-order valence-corrected chi connectivity index (χ0v) is 9.38. The van der Waals surface area contributed by atoms with Gasteiger partial charge < -0.3 is 0 Å². The number of hydrogen-bond donors (Lipinski definition) is 1. The summed E-state index contributed by atoms with van der Waals surface area (Å²) >= 11 is 0. The van der Waals surface area contributed by atoms with Gasteiger partial charge in [0.05, 0.1) is 21.1 Å². The molecule has 78 valence electrons. The fraction of sp³-hybridized carbons (Fsp3) is 0.333. The number of quaternary nitrogens is 1. The van der Waals surface area contributed by atoms with E-state index in [-0.39, 0.29) is 4.90 Å². The molecule has 14 heavy (non-hydrogen) atoms. The summed E-state index contributed by atoms with van der Waals surface area (Å²) in [6.07, 6.45) is 0. The number of primary sulfonamides is 1. The van der Waals surface area contributed by atoms with Crippen LogP contribution in [0.15, 0.2) is 29.2 Å². The first kappa shape index (κ1) is 11.2. The lowest BCUT2D eigenvalue weighted by Gasteiger charge is -2.25. The standard InChI is InChI=1S/C9H15N2O2S/c1-11(2,3)8-6-4-5-7-9(8)14(10,12)13/h4-7H,1-3H3,(H2,10,12,13)/q+1. The van der Waals surface area contributed by atoms with E-state index in [1.807, 2.05) is 21.1 Å². The topological polar surface area (TPSA) is 60.2 Å². The summed E-state index contributed by atoms with van der Waals surface area (Å²) < 4.78 is 23.0. The molecule has 0 heterocycles. The van der Waals surface area contributed by atoms with Gasteiger partial charge >= 0.3 is 0 Å². The zero-order valence-electron chi connectivity index (χ0n) is 8.56. The molecule has 0 radical (unpaired) electrons. The molecule has 0 amide bonds. The molecule has 0 unspecified atom stereocenters. The Morgan fingerprint density at radius 2 is 1.64 bits per heavy atom. The van der Waals surface area contributed by atoms with Crippen molar-refractivity contribution in [3.05, 3.63) is 24.3 Å². The molecule has 1 aromatic rings. The quantitative estimate of drug-likeness (QED) is 0.732. The summed E-state index contributed by atoms with van der Waals surface area (Å²) in [6, 6.07) is 6.75. The molecule has 0 atom stereocenters. The number of sulfonamides is 1. The number of hydrogen-bond acceptors (Lipinski definition) is 2. The van der Waals surface area contributed by atoms with Gasteiger partial charge in [0.1, 0.15) is 4.90 Å². The first-order valence-corrected chi connectivity index (χ1v) is 5.71. The predicted octanol–water partition coefficient (Wildman–Crippen LogP) is 0.531. The van der Waals surface area contributed by atoms with Crippen molar-refractivity contribution >= 4 is 15.7 Å². The maximum atomic E-state index is 11.3. The van der Waals surface area contributed by atoms with Gasteiger partial charge in [0.2, 0.25) is 10.0 Å². The van der Waals surface area contributed by atoms with Gasteiger partial charge in [0.15, 0.2) is 5.69 Å². The van der Waals surface area contributed by atoms with E-state index in [2.05, 4.69) is 0 Å². The maximum Gasteiger partial charge on any atom is 0.243 e. The van der Waals surface area contributed by atoms with Gasteiger partial charge in [-0.15, -0.1) is 0 Å². The second-order valence-electron chi connectivity index (χ2n) is 4.03. The molecular formula is C9H15N2O2S+. The fourth-order valence-electron chi connectivity index (χ4n) is 1.25. The molecule has 0 bridgehead atoms. The molecule has 0 saturated carbocycles. The van der Waals surface area contributed by atoms with Crippen molar-refractivity contribution in [2.75, 3.05) is 21.1 Å². The van der Waals surface area contributed by atoms with Gasteiger partial charge in [-0.05, 0) is 6.07 Å². The summed E-state index contributed by atoms with van der Waals surface area (Å²) in [5.41, 5.74) is 0.690. The van der Waals surface area contributed by atoms with Crippen LogP contribution in [0.25, 0.3) is 0 Å². The fourth-order valence-corrected chi connectivity index (χ4v) is 2.15. The summed E-state index contributed by atoms with van der Waals surface area (Å²) in [6.45, 7) is 0. The lowest BCUT2D eigenvalue weighted by molar-refractivity contribution is 0.476. The van der Waals surface area contributed by atoms with Crippen LogP contribution in [0.2, 0.25) is 0 Å².